The minimum atomic E-state index is 0.244. The van der Waals surface area contributed by atoms with Crippen LogP contribution in [0, 0.1) is 13.8 Å². The first-order valence-electron chi connectivity index (χ1n) is 10.5. The molecule has 2 heterocycles. The minimum absolute atomic E-state index is 0.244. The van der Waals surface area contributed by atoms with Crippen molar-refractivity contribution in [1.82, 2.24) is 14.8 Å². The van der Waals surface area contributed by atoms with Crippen LogP contribution in [0.2, 0.25) is 0 Å². The first kappa shape index (κ1) is 20.0. The first-order chi connectivity index (χ1) is 14.0. The molecule has 1 atom stereocenters. The molecule has 1 aromatic heterocycles. The summed E-state index contributed by atoms with van der Waals surface area (Å²) in [5.74, 6) is 0. The van der Waals surface area contributed by atoms with Gasteiger partial charge in [-0.05, 0) is 56.6 Å². The average molecular weight is 390 g/mol. The van der Waals surface area contributed by atoms with Gasteiger partial charge in [-0.25, -0.2) is 4.98 Å². The topological polar surface area (TPSA) is 39.6 Å². The first-order valence-corrected chi connectivity index (χ1v) is 10.5. The van der Waals surface area contributed by atoms with Crippen molar-refractivity contribution in [2.45, 2.75) is 32.9 Å². The molecule has 1 fully saturated rings. The van der Waals surface area contributed by atoms with Crippen LogP contribution < -0.4 is 0 Å². The molecule has 0 unspecified atom stereocenters. The Hall–Kier alpha value is -2.27. The Morgan fingerprint density at radius 1 is 1.03 bits per heavy atom. The monoisotopic (exact) mass is 389 g/mol. The highest BCUT2D eigenvalue weighted by atomic mass is 16.3. The van der Waals surface area contributed by atoms with Gasteiger partial charge in [0, 0.05) is 49.8 Å². The van der Waals surface area contributed by atoms with Crippen molar-refractivity contribution in [3.05, 3.63) is 65.2 Å². The van der Waals surface area contributed by atoms with E-state index in [1.165, 1.54) is 27.6 Å². The largest absolute Gasteiger partial charge is 0.396 e. The van der Waals surface area contributed by atoms with Crippen molar-refractivity contribution in [1.29, 1.82) is 0 Å². The van der Waals surface area contributed by atoms with Gasteiger partial charge in [0.2, 0.25) is 0 Å². The van der Waals surface area contributed by atoms with E-state index >= 15 is 0 Å². The molecule has 0 amide bonds. The molecule has 3 aromatic rings. The van der Waals surface area contributed by atoms with E-state index in [-0.39, 0.29) is 6.61 Å². The zero-order valence-corrected chi connectivity index (χ0v) is 17.7. The van der Waals surface area contributed by atoms with Crippen molar-refractivity contribution in [3.63, 3.8) is 0 Å². The van der Waals surface area contributed by atoms with Gasteiger partial charge < -0.3 is 10.0 Å². The number of aliphatic hydroxyl groups is 1. The number of aromatic nitrogens is 1. The van der Waals surface area contributed by atoms with Crippen LogP contribution >= 0.6 is 0 Å². The normalized spacial score (nSPS) is 18.4. The van der Waals surface area contributed by atoms with Crippen molar-refractivity contribution in [2.24, 2.45) is 0 Å². The summed E-state index contributed by atoms with van der Waals surface area (Å²) >= 11 is 0. The van der Waals surface area contributed by atoms with Crippen molar-refractivity contribution >= 4 is 10.9 Å². The Bertz CT molecular complexity index is 1000. The zero-order valence-electron chi connectivity index (χ0n) is 17.7. The second-order valence-corrected chi connectivity index (χ2v) is 8.44. The number of aliphatic hydroxyl groups excluding tert-OH is 1. The third-order valence-electron chi connectivity index (χ3n) is 6.06. The molecule has 152 valence electrons. The number of likely N-dealkylation sites (N-methyl/N-ethyl adjacent to an activating group) is 1. The SMILES string of the molecule is Cc1cccc(-c2nc3cc(C)ccc3cc2CN2CCN(C)[C@H](CCO)C2)c1. The van der Waals surface area contributed by atoms with E-state index in [9.17, 15) is 5.11 Å². The molecule has 0 spiro atoms. The third kappa shape index (κ3) is 4.50. The highest BCUT2D eigenvalue weighted by molar-refractivity contribution is 5.84. The predicted molar refractivity (Wildman–Crippen MR) is 120 cm³/mol. The summed E-state index contributed by atoms with van der Waals surface area (Å²) < 4.78 is 0. The van der Waals surface area contributed by atoms with E-state index in [2.05, 4.69) is 79.2 Å². The van der Waals surface area contributed by atoms with Gasteiger partial charge in [-0.2, -0.15) is 0 Å². The Labute approximate surface area is 173 Å². The molecule has 29 heavy (non-hydrogen) atoms. The highest BCUT2D eigenvalue weighted by Gasteiger charge is 2.24. The molecule has 4 heteroatoms. The van der Waals surface area contributed by atoms with Crippen molar-refractivity contribution in [2.75, 3.05) is 33.3 Å². The molecule has 1 aliphatic rings. The summed E-state index contributed by atoms with van der Waals surface area (Å²) in [4.78, 5) is 9.99. The quantitative estimate of drug-likeness (QED) is 0.716. The van der Waals surface area contributed by atoms with E-state index < -0.39 is 0 Å². The minimum Gasteiger partial charge on any atom is -0.396 e. The summed E-state index contributed by atoms with van der Waals surface area (Å²) in [6.45, 7) is 8.43. The van der Waals surface area contributed by atoms with Gasteiger partial charge in [-0.15, -0.1) is 0 Å². The fourth-order valence-electron chi connectivity index (χ4n) is 4.34. The maximum atomic E-state index is 9.42. The van der Waals surface area contributed by atoms with E-state index in [1.807, 2.05) is 0 Å². The second-order valence-electron chi connectivity index (χ2n) is 8.44. The lowest BCUT2D eigenvalue weighted by Crippen LogP contribution is -2.51. The molecule has 0 radical (unpaired) electrons. The standard InChI is InChI=1S/C25H31N3O/c1-18-5-4-6-21(13-18)25-22(15-20-8-7-19(2)14-24(20)26-25)16-28-11-10-27(3)23(17-28)9-12-29/h4-8,13-15,23,29H,9-12,16-17H2,1-3H3/t23-/m1/s1. The molecule has 0 aliphatic carbocycles. The van der Waals surface area contributed by atoms with Crippen molar-refractivity contribution < 1.29 is 5.11 Å². The van der Waals surface area contributed by atoms with Crippen LogP contribution in [0.15, 0.2) is 48.5 Å². The lowest BCUT2D eigenvalue weighted by molar-refractivity contribution is 0.0744. The molecule has 1 N–H and O–H groups in total. The molecular weight excluding hydrogens is 358 g/mol. The molecule has 1 saturated heterocycles. The third-order valence-corrected chi connectivity index (χ3v) is 6.06. The van der Waals surface area contributed by atoms with Gasteiger partial charge in [-0.1, -0.05) is 35.9 Å². The number of piperazine rings is 1. The van der Waals surface area contributed by atoms with E-state index in [0.717, 1.165) is 43.8 Å². The van der Waals surface area contributed by atoms with Crippen LogP contribution in [0.4, 0.5) is 0 Å². The van der Waals surface area contributed by atoms with Gasteiger partial charge in [0.1, 0.15) is 0 Å². The van der Waals surface area contributed by atoms with E-state index in [0.29, 0.717) is 6.04 Å². The second kappa shape index (κ2) is 8.62. The molecule has 0 bridgehead atoms. The summed E-state index contributed by atoms with van der Waals surface area (Å²) in [6.07, 6.45) is 0.826. The molecule has 0 saturated carbocycles. The predicted octanol–water partition coefficient (Wildman–Crippen LogP) is 4.02. The van der Waals surface area contributed by atoms with Crippen LogP contribution in [0.1, 0.15) is 23.1 Å². The molecule has 1 aliphatic heterocycles. The maximum absolute atomic E-state index is 9.42. The van der Waals surface area contributed by atoms with E-state index in [1.54, 1.807) is 0 Å². The Kier molecular flexibility index (Phi) is 5.95. The number of rotatable bonds is 5. The molecule has 4 rings (SSSR count). The summed E-state index contributed by atoms with van der Waals surface area (Å²) in [5.41, 5.74) is 7.09. The van der Waals surface area contributed by atoms with Gasteiger partial charge in [-0.3, -0.25) is 4.90 Å². The number of aryl methyl sites for hydroxylation is 2. The molecule has 2 aromatic carbocycles. The number of fused-ring (bicyclic) bond motifs is 1. The molecule has 4 nitrogen and oxygen atoms in total. The van der Waals surface area contributed by atoms with Crippen LogP contribution in [0.25, 0.3) is 22.2 Å². The van der Waals surface area contributed by atoms with Crippen LogP contribution in [-0.4, -0.2) is 59.2 Å². The Balaban J connectivity index is 1.72. The fraction of sp³-hybridized carbons (Fsp3) is 0.400. The average Bonchev–Trinajstić information content (AvgIpc) is 2.70. The van der Waals surface area contributed by atoms with Crippen molar-refractivity contribution in [3.8, 4) is 11.3 Å². The lowest BCUT2D eigenvalue weighted by Gasteiger charge is -2.39. The number of nitrogens with zero attached hydrogens (tertiary/aromatic N) is 3. The van der Waals surface area contributed by atoms with Gasteiger partial charge in [0.15, 0.2) is 0 Å². The van der Waals surface area contributed by atoms with Gasteiger partial charge >= 0.3 is 0 Å². The van der Waals surface area contributed by atoms with Crippen LogP contribution in [0.3, 0.4) is 0 Å². The van der Waals surface area contributed by atoms with Crippen LogP contribution in [-0.2, 0) is 6.54 Å². The summed E-state index contributed by atoms with van der Waals surface area (Å²) in [7, 11) is 2.16. The summed E-state index contributed by atoms with van der Waals surface area (Å²) in [6, 6.07) is 17.9. The maximum Gasteiger partial charge on any atom is 0.0754 e. The van der Waals surface area contributed by atoms with Gasteiger partial charge in [0.05, 0.1) is 11.2 Å². The van der Waals surface area contributed by atoms with E-state index in [4.69, 9.17) is 4.98 Å². The fourth-order valence-corrected chi connectivity index (χ4v) is 4.34. The highest BCUT2D eigenvalue weighted by Crippen LogP contribution is 2.28. The molecular formula is C25H31N3O. The Morgan fingerprint density at radius 3 is 2.66 bits per heavy atom. The van der Waals surface area contributed by atoms with Gasteiger partial charge in [0.25, 0.3) is 0 Å². The zero-order chi connectivity index (χ0) is 20.4. The number of hydrogen-bond donors (Lipinski definition) is 1. The van der Waals surface area contributed by atoms with Crippen LogP contribution in [0.5, 0.6) is 0 Å². The number of pyridine rings is 1. The number of hydrogen-bond acceptors (Lipinski definition) is 4. The smallest absolute Gasteiger partial charge is 0.0754 e. The summed E-state index contributed by atoms with van der Waals surface area (Å²) in [5, 5.41) is 10.6. The number of benzene rings is 2. The lowest BCUT2D eigenvalue weighted by atomic mass is 10.00. The Morgan fingerprint density at radius 2 is 1.86 bits per heavy atom.